The minimum atomic E-state index is 0.457. The molecule has 1 fully saturated rings. The van der Waals surface area contributed by atoms with E-state index in [1.807, 2.05) is 12.1 Å². The largest absolute Gasteiger partial charge is 0.367 e. The molecule has 8 heteroatoms. The smallest absolute Gasteiger partial charge is 0.177 e. The summed E-state index contributed by atoms with van der Waals surface area (Å²) < 4.78 is 1.69. The van der Waals surface area contributed by atoms with Gasteiger partial charge >= 0.3 is 0 Å². The molecule has 0 aliphatic heterocycles. The normalized spacial score (nSPS) is 13.5. The third kappa shape index (κ3) is 3.70. The summed E-state index contributed by atoms with van der Waals surface area (Å²) >= 11 is 1.77. The summed E-state index contributed by atoms with van der Waals surface area (Å²) in [6.45, 7) is 0.525. The molecule has 1 aliphatic carbocycles. The van der Waals surface area contributed by atoms with E-state index in [0.717, 1.165) is 35.7 Å². The van der Waals surface area contributed by atoms with Crippen molar-refractivity contribution in [3.05, 3.63) is 47.2 Å². The molecule has 4 N–H and O–H groups in total. The van der Waals surface area contributed by atoms with E-state index in [0.29, 0.717) is 29.6 Å². The van der Waals surface area contributed by atoms with Crippen LogP contribution >= 0.6 is 11.8 Å². The van der Waals surface area contributed by atoms with Gasteiger partial charge < -0.3 is 16.4 Å². The molecule has 2 heterocycles. The third-order valence-corrected chi connectivity index (χ3v) is 5.12. The molecule has 27 heavy (non-hydrogen) atoms. The molecule has 0 unspecified atom stereocenters. The van der Waals surface area contributed by atoms with Gasteiger partial charge in [0.2, 0.25) is 0 Å². The molecule has 7 nitrogen and oxygen atoms in total. The van der Waals surface area contributed by atoms with Crippen LogP contribution < -0.4 is 16.4 Å². The number of hydrogen-bond acceptors (Lipinski definition) is 7. The number of anilines is 3. The lowest BCUT2D eigenvalue weighted by molar-refractivity contribution is 0.926. The van der Waals surface area contributed by atoms with Crippen LogP contribution in [0.3, 0.4) is 0 Å². The Labute approximate surface area is 162 Å². The summed E-state index contributed by atoms with van der Waals surface area (Å²) in [4.78, 5) is 4.60. The molecule has 1 saturated carbocycles. The molecule has 0 radical (unpaired) electrons. The molecule has 0 bridgehead atoms. The van der Waals surface area contributed by atoms with Crippen LogP contribution in [0.1, 0.15) is 29.5 Å². The van der Waals surface area contributed by atoms with Gasteiger partial charge in [0, 0.05) is 30.1 Å². The highest BCUT2D eigenvalue weighted by molar-refractivity contribution is 7.97. The molecule has 0 spiro atoms. The quantitative estimate of drug-likeness (QED) is 0.579. The number of fused-ring (bicyclic) bond motifs is 1. The van der Waals surface area contributed by atoms with E-state index >= 15 is 0 Å². The summed E-state index contributed by atoms with van der Waals surface area (Å²) in [6, 6.07) is 10.7. The Morgan fingerprint density at radius 2 is 2.19 bits per heavy atom. The maximum Gasteiger partial charge on any atom is 0.177 e. The summed E-state index contributed by atoms with van der Waals surface area (Å²) in [5.74, 6) is 2.43. The Balaban J connectivity index is 1.71. The van der Waals surface area contributed by atoms with Gasteiger partial charge in [-0.1, -0.05) is 6.07 Å². The van der Waals surface area contributed by atoms with Crippen molar-refractivity contribution in [1.29, 1.82) is 5.26 Å². The topological polar surface area (TPSA) is 104 Å². The number of hydrogen-bond donors (Lipinski definition) is 3. The lowest BCUT2D eigenvalue weighted by atomic mass is 10.1. The van der Waals surface area contributed by atoms with Gasteiger partial charge in [-0.05, 0) is 42.4 Å². The highest BCUT2D eigenvalue weighted by Gasteiger charge is 2.23. The van der Waals surface area contributed by atoms with Gasteiger partial charge in [0.15, 0.2) is 5.65 Å². The molecular formula is C19H21N7S. The first kappa shape index (κ1) is 17.6. The Morgan fingerprint density at radius 1 is 1.33 bits per heavy atom. The second-order valence-corrected chi connectivity index (χ2v) is 7.46. The van der Waals surface area contributed by atoms with Gasteiger partial charge in [-0.3, -0.25) is 0 Å². The molecule has 3 aromatic rings. The van der Waals surface area contributed by atoms with Crippen LogP contribution in [0.2, 0.25) is 0 Å². The zero-order chi connectivity index (χ0) is 18.8. The maximum atomic E-state index is 9.35. The number of benzene rings is 1. The van der Waals surface area contributed by atoms with Crippen molar-refractivity contribution in [3.63, 3.8) is 0 Å². The van der Waals surface area contributed by atoms with Crippen molar-refractivity contribution < 1.29 is 0 Å². The molecule has 138 valence electrons. The molecule has 0 saturated heterocycles. The molecular weight excluding hydrogens is 358 g/mol. The zero-order valence-corrected chi connectivity index (χ0v) is 15.9. The Bertz CT molecular complexity index is 1020. The van der Waals surface area contributed by atoms with Crippen LogP contribution in [0.4, 0.5) is 17.3 Å². The predicted octanol–water partition coefficient (Wildman–Crippen LogP) is 3.24. The lowest BCUT2D eigenvalue weighted by Crippen LogP contribution is -2.09. The monoisotopic (exact) mass is 379 g/mol. The van der Waals surface area contributed by atoms with E-state index in [4.69, 9.17) is 5.73 Å². The van der Waals surface area contributed by atoms with Crippen LogP contribution in [-0.2, 0) is 12.3 Å². The number of aromatic nitrogens is 3. The van der Waals surface area contributed by atoms with Crippen molar-refractivity contribution in [2.45, 2.75) is 31.2 Å². The van der Waals surface area contributed by atoms with Crippen molar-refractivity contribution in [3.8, 4) is 6.07 Å². The minimum absolute atomic E-state index is 0.457. The molecule has 1 aliphatic rings. The number of thioether (sulfide) groups is 1. The molecule has 2 aromatic heterocycles. The fourth-order valence-corrected chi connectivity index (χ4v) is 3.57. The third-order valence-electron chi connectivity index (χ3n) is 4.52. The first-order valence-corrected chi connectivity index (χ1v) is 10.2. The SMILES string of the molecule is CSCc1cc(Nc2cc(NC3CC3)n3ncc(C#N)c3n2)ccc1CN. The van der Waals surface area contributed by atoms with E-state index < -0.39 is 0 Å². The predicted molar refractivity (Wildman–Crippen MR) is 109 cm³/mol. The van der Waals surface area contributed by atoms with Gasteiger partial charge in [0.1, 0.15) is 23.3 Å². The van der Waals surface area contributed by atoms with E-state index in [9.17, 15) is 5.26 Å². The molecule has 0 amide bonds. The van der Waals surface area contributed by atoms with E-state index in [1.54, 1.807) is 22.5 Å². The summed E-state index contributed by atoms with van der Waals surface area (Å²) in [6.07, 6.45) is 5.93. The fourth-order valence-electron chi connectivity index (χ4n) is 2.99. The number of nitrogens with one attached hydrogen (secondary N) is 2. The standard InChI is InChI=1S/C19H21N7S/c1-27-11-13-6-16(3-2-12(13)8-20)23-17-7-18(24-15-4-5-15)26-19(25-17)14(9-21)10-22-26/h2-3,6-7,10,15,24H,4-5,8,11,20H2,1H3,(H,23,25). The number of nitriles is 1. The number of nitrogens with two attached hydrogens (primary N) is 1. The van der Waals surface area contributed by atoms with Crippen LogP contribution in [0.15, 0.2) is 30.5 Å². The highest BCUT2D eigenvalue weighted by atomic mass is 32.2. The fraction of sp³-hybridized carbons (Fsp3) is 0.316. The zero-order valence-electron chi connectivity index (χ0n) is 15.1. The first-order valence-electron chi connectivity index (χ1n) is 8.85. The van der Waals surface area contributed by atoms with Crippen LogP contribution in [0.25, 0.3) is 5.65 Å². The van der Waals surface area contributed by atoms with Gasteiger partial charge in [-0.25, -0.2) is 4.98 Å². The Hall–Kier alpha value is -2.76. The average molecular weight is 379 g/mol. The van der Waals surface area contributed by atoms with Gasteiger partial charge in [0.05, 0.1) is 6.20 Å². The van der Waals surface area contributed by atoms with Crippen molar-refractivity contribution in [2.75, 3.05) is 16.9 Å². The van der Waals surface area contributed by atoms with E-state index in [2.05, 4.69) is 45.2 Å². The summed E-state index contributed by atoms with van der Waals surface area (Å²) in [5, 5.41) is 20.5. The van der Waals surface area contributed by atoms with Crippen LogP contribution in [0, 0.1) is 11.3 Å². The van der Waals surface area contributed by atoms with Crippen molar-refractivity contribution >= 4 is 34.7 Å². The van der Waals surface area contributed by atoms with Crippen LogP contribution in [0.5, 0.6) is 0 Å². The number of rotatable bonds is 7. The van der Waals surface area contributed by atoms with E-state index in [-0.39, 0.29) is 0 Å². The van der Waals surface area contributed by atoms with Gasteiger partial charge in [-0.2, -0.15) is 26.6 Å². The highest BCUT2D eigenvalue weighted by Crippen LogP contribution is 2.28. The number of nitrogens with zero attached hydrogens (tertiary/aromatic N) is 4. The van der Waals surface area contributed by atoms with Crippen molar-refractivity contribution in [2.24, 2.45) is 5.73 Å². The minimum Gasteiger partial charge on any atom is -0.367 e. The molecule has 4 rings (SSSR count). The lowest BCUT2D eigenvalue weighted by Gasteiger charge is -2.13. The average Bonchev–Trinajstić information content (AvgIpc) is 3.39. The first-order chi connectivity index (χ1) is 13.2. The maximum absolute atomic E-state index is 9.35. The van der Waals surface area contributed by atoms with Crippen LogP contribution in [-0.4, -0.2) is 26.9 Å². The van der Waals surface area contributed by atoms with E-state index in [1.165, 1.54) is 5.56 Å². The second-order valence-electron chi connectivity index (χ2n) is 6.60. The van der Waals surface area contributed by atoms with Gasteiger partial charge in [0.25, 0.3) is 0 Å². The summed E-state index contributed by atoms with van der Waals surface area (Å²) in [7, 11) is 0. The Morgan fingerprint density at radius 3 is 2.89 bits per heavy atom. The van der Waals surface area contributed by atoms with Crippen molar-refractivity contribution in [1.82, 2.24) is 14.6 Å². The van der Waals surface area contributed by atoms with Gasteiger partial charge in [-0.15, -0.1) is 0 Å². The molecule has 0 atom stereocenters. The second kappa shape index (κ2) is 7.47. The summed E-state index contributed by atoms with van der Waals surface area (Å²) in [5.41, 5.74) is 10.2. The Kier molecular flexibility index (Phi) is 4.88. The molecule has 1 aromatic carbocycles.